The van der Waals surface area contributed by atoms with E-state index in [1.54, 1.807) is 0 Å². The van der Waals surface area contributed by atoms with Gasteiger partial charge in [0, 0.05) is 0 Å². The van der Waals surface area contributed by atoms with Gasteiger partial charge in [-0.3, -0.25) is 0 Å². The van der Waals surface area contributed by atoms with Crippen LogP contribution in [0, 0.1) is 29.1 Å². The van der Waals surface area contributed by atoms with Gasteiger partial charge in [0.25, 0.3) is 0 Å². The standard InChI is InChI=1S/C6F7OP/c7-1-2(8)4(10)6(15(12,13)14)5(11)3(1)9. The molecule has 0 aromatic heterocycles. The fourth-order valence-corrected chi connectivity index (χ4v) is 1.48. The average Bonchev–Trinajstić information content (AvgIpc) is 2.09. The SMILES string of the molecule is O=P(F)(F)c1c(F)c(F)c(F)c(F)c1F. The Morgan fingerprint density at radius 1 is 0.667 bits per heavy atom. The minimum absolute atomic E-state index is 2.57. The van der Waals surface area contributed by atoms with Crippen molar-refractivity contribution in [3.63, 3.8) is 0 Å². The topological polar surface area (TPSA) is 17.1 Å². The molecule has 84 valence electrons. The molecule has 9 heteroatoms. The Morgan fingerprint density at radius 2 is 0.933 bits per heavy atom. The molecule has 0 aliphatic heterocycles. The van der Waals surface area contributed by atoms with E-state index in [-0.39, 0.29) is 0 Å². The van der Waals surface area contributed by atoms with Crippen LogP contribution in [0.2, 0.25) is 0 Å². The predicted octanol–water partition coefficient (Wildman–Crippen LogP) is 3.14. The molecule has 15 heavy (non-hydrogen) atoms. The van der Waals surface area contributed by atoms with Crippen molar-refractivity contribution in [1.29, 1.82) is 0 Å². The first-order valence-electron chi connectivity index (χ1n) is 3.19. The quantitative estimate of drug-likeness (QED) is 0.325. The molecule has 1 aromatic rings. The van der Waals surface area contributed by atoms with E-state index in [0.29, 0.717) is 0 Å². The molecule has 0 spiro atoms. The van der Waals surface area contributed by atoms with E-state index in [1.165, 1.54) is 0 Å². The Hall–Kier alpha value is -1.04. The summed E-state index contributed by atoms with van der Waals surface area (Å²) in [5.41, 5.74) is 0. The average molecular weight is 252 g/mol. The lowest BCUT2D eigenvalue weighted by molar-refractivity contribution is 0.381. The molecule has 0 bridgehead atoms. The number of hydrogen-bond donors (Lipinski definition) is 0. The normalized spacial score (nSPS) is 11.9. The number of benzene rings is 1. The molecular weight excluding hydrogens is 252 g/mol. The van der Waals surface area contributed by atoms with E-state index in [9.17, 15) is 34.9 Å². The molecule has 0 amide bonds. The van der Waals surface area contributed by atoms with Crippen LogP contribution in [0.4, 0.5) is 30.3 Å². The zero-order valence-electron chi connectivity index (χ0n) is 6.50. The lowest BCUT2D eigenvalue weighted by Gasteiger charge is -2.05. The first-order chi connectivity index (χ1) is 6.68. The lowest BCUT2D eigenvalue weighted by atomic mass is 10.3. The molecule has 0 aliphatic rings. The summed E-state index contributed by atoms with van der Waals surface area (Å²) in [5, 5.41) is -2.57. The van der Waals surface area contributed by atoms with Gasteiger partial charge in [-0.1, -0.05) is 0 Å². The zero-order valence-corrected chi connectivity index (χ0v) is 7.40. The van der Waals surface area contributed by atoms with Crippen LogP contribution in [0.3, 0.4) is 0 Å². The van der Waals surface area contributed by atoms with E-state index in [2.05, 4.69) is 0 Å². The first kappa shape index (κ1) is 12.0. The van der Waals surface area contributed by atoms with Crippen molar-refractivity contribution in [2.24, 2.45) is 0 Å². The Morgan fingerprint density at radius 3 is 1.20 bits per heavy atom. The van der Waals surface area contributed by atoms with Gasteiger partial charge in [0.1, 0.15) is 0 Å². The maximum atomic E-state index is 12.5. The third-order valence-electron chi connectivity index (χ3n) is 1.45. The summed E-state index contributed by atoms with van der Waals surface area (Å²) < 4.78 is 96.2. The van der Waals surface area contributed by atoms with Crippen molar-refractivity contribution >= 4 is 13.1 Å². The van der Waals surface area contributed by atoms with Gasteiger partial charge in [0.15, 0.2) is 28.6 Å². The van der Waals surface area contributed by atoms with E-state index in [1.807, 2.05) is 0 Å². The highest BCUT2D eigenvalue weighted by molar-refractivity contribution is 7.61. The first-order valence-corrected chi connectivity index (χ1v) is 4.68. The smallest absolute Gasteiger partial charge is 0.244 e. The Balaban J connectivity index is 3.76. The van der Waals surface area contributed by atoms with Gasteiger partial charge in [-0.25, -0.2) is 26.5 Å². The van der Waals surface area contributed by atoms with E-state index in [4.69, 9.17) is 0 Å². The van der Waals surface area contributed by atoms with Crippen molar-refractivity contribution in [1.82, 2.24) is 0 Å². The molecule has 0 atom stereocenters. The van der Waals surface area contributed by atoms with Crippen LogP contribution >= 0.6 is 7.76 Å². The third kappa shape index (κ3) is 1.86. The van der Waals surface area contributed by atoms with Crippen LogP contribution in [-0.4, -0.2) is 0 Å². The van der Waals surface area contributed by atoms with E-state index in [0.717, 1.165) is 0 Å². The number of halogens is 7. The minimum Gasteiger partial charge on any atom is -0.244 e. The summed E-state index contributed by atoms with van der Waals surface area (Å²) in [4.78, 5) is 0. The number of rotatable bonds is 1. The largest absolute Gasteiger partial charge is 0.439 e. The summed E-state index contributed by atoms with van der Waals surface area (Å²) in [6.45, 7) is 0. The van der Waals surface area contributed by atoms with Gasteiger partial charge in [-0.05, 0) is 0 Å². The molecule has 0 saturated carbocycles. The fraction of sp³-hybridized carbons (Fsp3) is 0. The van der Waals surface area contributed by atoms with Crippen molar-refractivity contribution < 1.29 is 34.9 Å². The molecule has 1 aromatic carbocycles. The molecule has 0 unspecified atom stereocenters. The van der Waals surface area contributed by atoms with Crippen LogP contribution in [0.5, 0.6) is 0 Å². The third-order valence-corrected chi connectivity index (χ3v) is 2.36. The molecule has 1 rings (SSSR count). The Kier molecular flexibility index (Phi) is 2.82. The van der Waals surface area contributed by atoms with Gasteiger partial charge in [0.05, 0.1) is 0 Å². The second kappa shape index (κ2) is 3.52. The molecular formula is C6F7OP. The van der Waals surface area contributed by atoms with Crippen molar-refractivity contribution in [2.75, 3.05) is 0 Å². The van der Waals surface area contributed by atoms with E-state index >= 15 is 0 Å². The maximum absolute atomic E-state index is 12.5. The van der Waals surface area contributed by atoms with Crippen LogP contribution in [0.15, 0.2) is 0 Å². The maximum Gasteiger partial charge on any atom is 0.439 e. The van der Waals surface area contributed by atoms with Crippen LogP contribution < -0.4 is 5.30 Å². The predicted molar refractivity (Wildman–Crippen MR) is 35.7 cm³/mol. The Bertz CT molecular complexity index is 436. The summed E-state index contributed by atoms with van der Waals surface area (Å²) in [5.74, 6) is -13.2. The second-order valence-corrected chi connectivity index (χ2v) is 3.75. The molecule has 0 saturated heterocycles. The van der Waals surface area contributed by atoms with Crippen LogP contribution in [0.1, 0.15) is 0 Å². The monoisotopic (exact) mass is 252 g/mol. The minimum atomic E-state index is -6.56. The summed E-state index contributed by atoms with van der Waals surface area (Å²) in [6, 6.07) is 0. The molecule has 0 N–H and O–H groups in total. The molecule has 0 heterocycles. The molecule has 0 radical (unpaired) electrons. The molecule has 1 nitrogen and oxygen atoms in total. The van der Waals surface area contributed by atoms with Gasteiger partial charge in [0.2, 0.25) is 5.82 Å². The highest BCUT2D eigenvalue weighted by atomic mass is 31.2. The summed E-state index contributed by atoms with van der Waals surface area (Å²) in [6.07, 6.45) is 0. The van der Waals surface area contributed by atoms with Gasteiger partial charge in [-0.15, -0.1) is 8.39 Å². The van der Waals surface area contributed by atoms with Crippen LogP contribution in [0.25, 0.3) is 0 Å². The zero-order chi connectivity index (χ0) is 12.0. The van der Waals surface area contributed by atoms with Gasteiger partial charge < -0.3 is 0 Å². The number of hydrogen-bond acceptors (Lipinski definition) is 1. The molecule has 0 fully saturated rings. The summed E-state index contributed by atoms with van der Waals surface area (Å²) in [7, 11) is -6.56. The summed E-state index contributed by atoms with van der Waals surface area (Å²) >= 11 is 0. The highest BCUT2D eigenvalue weighted by Crippen LogP contribution is 2.49. The van der Waals surface area contributed by atoms with Crippen molar-refractivity contribution in [3.8, 4) is 0 Å². The Labute approximate surface area is 78.1 Å². The van der Waals surface area contributed by atoms with Crippen molar-refractivity contribution in [3.05, 3.63) is 29.1 Å². The lowest BCUT2D eigenvalue weighted by Crippen LogP contribution is -2.18. The second-order valence-electron chi connectivity index (χ2n) is 2.38. The fourth-order valence-electron chi connectivity index (χ4n) is 0.822. The van der Waals surface area contributed by atoms with Crippen LogP contribution in [-0.2, 0) is 4.57 Å². The van der Waals surface area contributed by atoms with E-state index < -0.39 is 42.2 Å². The molecule has 0 aliphatic carbocycles. The van der Waals surface area contributed by atoms with Gasteiger partial charge >= 0.3 is 7.76 Å². The van der Waals surface area contributed by atoms with Gasteiger partial charge in [-0.2, -0.15) is 0 Å². The van der Waals surface area contributed by atoms with Crippen molar-refractivity contribution in [2.45, 2.75) is 0 Å². The highest BCUT2D eigenvalue weighted by Gasteiger charge is 2.38.